The van der Waals surface area contributed by atoms with Gasteiger partial charge >= 0.3 is 0 Å². The Morgan fingerprint density at radius 2 is 2.05 bits per heavy atom. The molecule has 112 valence electrons. The number of ether oxygens (including phenoxy) is 1. The molecule has 0 atom stereocenters. The van der Waals surface area contributed by atoms with E-state index in [1.807, 2.05) is 24.3 Å². The summed E-state index contributed by atoms with van der Waals surface area (Å²) >= 11 is 1.49. The summed E-state index contributed by atoms with van der Waals surface area (Å²) in [4.78, 5) is 17.9. The number of hydrogen-bond donors (Lipinski definition) is 2. The number of hydrogen-bond acceptors (Lipinski definition) is 5. The third kappa shape index (κ3) is 5.51. The van der Waals surface area contributed by atoms with Gasteiger partial charge in [-0.15, -0.1) is 0 Å². The Morgan fingerprint density at radius 1 is 1.29 bits per heavy atom. The van der Waals surface area contributed by atoms with E-state index in [2.05, 4.69) is 16.9 Å². The van der Waals surface area contributed by atoms with E-state index in [0.29, 0.717) is 11.8 Å². The number of H-pyrrole nitrogens is 1. The first-order valence-corrected chi connectivity index (χ1v) is 7.81. The van der Waals surface area contributed by atoms with Crippen molar-refractivity contribution < 1.29 is 4.74 Å². The zero-order valence-corrected chi connectivity index (χ0v) is 12.8. The Bertz CT molecular complexity index is 626. The predicted octanol–water partition coefficient (Wildman–Crippen LogP) is 2.61. The highest BCUT2D eigenvalue weighted by Crippen LogP contribution is 2.15. The second-order valence-corrected chi connectivity index (χ2v) is 5.78. The molecule has 0 unspecified atom stereocenters. The average molecular weight is 305 g/mol. The van der Waals surface area contributed by atoms with Gasteiger partial charge in [0.1, 0.15) is 11.6 Å². The number of nitrogens with one attached hydrogen (secondary N) is 1. The van der Waals surface area contributed by atoms with E-state index in [9.17, 15) is 4.79 Å². The van der Waals surface area contributed by atoms with Gasteiger partial charge in [0.2, 0.25) is 0 Å². The molecule has 21 heavy (non-hydrogen) atoms. The lowest BCUT2D eigenvalue weighted by Crippen LogP contribution is -2.09. The molecule has 0 saturated carbocycles. The van der Waals surface area contributed by atoms with Crippen molar-refractivity contribution in [2.24, 2.45) is 0 Å². The zero-order valence-electron chi connectivity index (χ0n) is 12.0. The van der Waals surface area contributed by atoms with Crippen molar-refractivity contribution in [3.05, 3.63) is 46.2 Å². The largest absolute Gasteiger partial charge is 0.494 e. The van der Waals surface area contributed by atoms with Gasteiger partial charge in [0.05, 0.1) is 6.61 Å². The number of aromatic amines is 1. The van der Waals surface area contributed by atoms with Crippen molar-refractivity contribution in [1.82, 2.24) is 9.97 Å². The summed E-state index contributed by atoms with van der Waals surface area (Å²) in [5.74, 6) is 2.02. The molecule has 0 spiro atoms. The van der Waals surface area contributed by atoms with Crippen LogP contribution in [0.5, 0.6) is 5.75 Å². The highest BCUT2D eigenvalue weighted by Gasteiger charge is 2.00. The number of nitrogen functional groups attached to an aromatic ring is 1. The lowest BCUT2D eigenvalue weighted by molar-refractivity contribution is 0.310. The van der Waals surface area contributed by atoms with Gasteiger partial charge in [0, 0.05) is 11.8 Å². The Morgan fingerprint density at radius 3 is 2.76 bits per heavy atom. The van der Waals surface area contributed by atoms with Crippen LogP contribution in [-0.2, 0) is 0 Å². The summed E-state index contributed by atoms with van der Waals surface area (Å²) in [6.07, 6.45) is 1.93. The Balaban J connectivity index is 1.64. The number of aromatic nitrogens is 2. The lowest BCUT2D eigenvalue weighted by atomic mass is 10.2. The van der Waals surface area contributed by atoms with Gasteiger partial charge in [-0.3, -0.25) is 4.79 Å². The Labute approximate surface area is 127 Å². The second kappa shape index (κ2) is 7.73. The molecule has 2 aromatic rings. The SMILES string of the molecule is Cc1ccc(OCCCCSc2nc(N)cc(=O)[nH]2)cc1. The molecule has 3 N–H and O–H groups in total. The quantitative estimate of drug-likeness (QED) is 0.467. The molecule has 0 fully saturated rings. The maximum Gasteiger partial charge on any atom is 0.253 e. The van der Waals surface area contributed by atoms with Crippen molar-refractivity contribution in [2.45, 2.75) is 24.9 Å². The highest BCUT2D eigenvalue weighted by atomic mass is 32.2. The van der Waals surface area contributed by atoms with Gasteiger partial charge < -0.3 is 15.5 Å². The van der Waals surface area contributed by atoms with Crippen molar-refractivity contribution in [3.63, 3.8) is 0 Å². The smallest absolute Gasteiger partial charge is 0.253 e. The van der Waals surface area contributed by atoms with Gasteiger partial charge in [-0.25, -0.2) is 4.98 Å². The van der Waals surface area contributed by atoms with Crippen molar-refractivity contribution in [2.75, 3.05) is 18.1 Å². The van der Waals surface area contributed by atoms with Gasteiger partial charge in [-0.2, -0.15) is 0 Å². The number of nitrogens with zero attached hydrogens (tertiary/aromatic N) is 1. The van der Waals surface area contributed by atoms with Crippen LogP contribution in [0, 0.1) is 6.92 Å². The summed E-state index contributed by atoms with van der Waals surface area (Å²) in [6, 6.07) is 9.30. The highest BCUT2D eigenvalue weighted by molar-refractivity contribution is 7.99. The second-order valence-electron chi connectivity index (χ2n) is 4.69. The fourth-order valence-electron chi connectivity index (χ4n) is 1.72. The van der Waals surface area contributed by atoms with E-state index < -0.39 is 0 Å². The molecule has 0 amide bonds. The van der Waals surface area contributed by atoms with E-state index in [-0.39, 0.29) is 11.4 Å². The summed E-state index contributed by atoms with van der Waals surface area (Å²) in [6.45, 7) is 2.74. The fraction of sp³-hybridized carbons (Fsp3) is 0.333. The van der Waals surface area contributed by atoms with Gasteiger partial charge in [-0.1, -0.05) is 29.5 Å². The minimum Gasteiger partial charge on any atom is -0.494 e. The number of aryl methyl sites for hydroxylation is 1. The number of benzene rings is 1. The van der Waals surface area contributed by atoms with Crippen molar-refractivity contribution in [3.8, 4) is 5.75 Å². The standard InChI is InChI=1S/C15H19N3O2S/c1-11-4-6-12(7-5-11)20-8-2-3-9-21-15-17-13(16)10-14(19)18-15/h4-7,10H,2-3,8-9H2,1H3,(H3,16,17,18,19). The maximum atomic E-state index is 11.2. The minimum atomic E-state index is -0.215. The Kier molecular flexibility index (Phi) is 5.68. The van der Waals surface area contributed by atoms with E-state index in [0.717, 1.165) is 24.3 Å². The third-order valence-corrected chi connectivity index (χ3v) is 3.77. The third-order valence-electron chi connectivity index (χ3n) is 2.81. The number of rotatable bonds is 7. The van der Waals surface area contributed by atoms with E-state index in [1.54, 1.807) is 0 Å². The molecule has 1 aromatic heterocycles. The molecule has 0 saturated heterocycles. The summed E-state index contributed by atoms with van der Waals surface area (Å²) in [5, 5.41) is 0.569. The summed E-state index contributed by atoms with van der Waals surface area (Å²) in [7, 11) is 0. The number of unbranched alkanes of at least 4 members (excludes halogenated alkanes) is 1. The normalized spacial score (nSPS) is 10.5. The van der Waals surface area contributed by atoms with E-state index in [4.69, 9.17) is 10.5 Å². The molecule has 0 radical (unpaired) electrons. The first kappa shape index (κ1) is 15.4. The molecule has 0 aliphatic carbocycles. The van der Waals surface area contributed by atoms with Crippen LogP contribution in [0.2, 0.25) is 0 Å². The van der Waals surface area contributed by atoms with Crippen LogP contribution in [-0.4, -0.2) is 22.3 Å². The van der Waals surface area contributed by atoms with Gasteiger partial charge in [0.25, 0.3) is 5.56 Å². The van der Waals surface area contributed by atoms with Crippen LogP contribution in [0.3, 0.4) is 0 Å². The van der Waals surface area contributed by atoms with Crippen LogP contribution >= 0.6 is 11.8 Å². The molecule has 0 aliphatic rings. The monoisotopic (exact) mass is 305 g/mol. The van der Waals surface area contributed by atoms with Gasteiger partial charge in [-0.05, 0) is 31.9 Å². The molecule has 1 aromatic carbocycles. The van der Waals surface area contributed by atoms with Crippen LogP contribution in [0.15, 0.2) is 40.3 Å². The topological polar surface area (TPSA) is 81.0 Å². The zero-order chi connectivity index (χ0) is 15.1. The average Bonchev–Trinajstić information content (AvgIpc) is 2.43. The molecule has 0 bridgehead atoms. The molecule has 1 heterocycles. The Hall–Kier alpha value is -1.95. The molecular weight excluding hydrogens is 286 g/mol. The lowest BCUT2D eigenvalue weighted by Gasteiger charge is -2.06. The molecule has 2 rings (SSSR count). The summed E-state index contributed by atoms with van der Waals surface area (Å²) < 4.78 is 5.65. The fourth-order valence-corrected chi connectivity index (χ4v) is 2.60. The van der Waals surface area contributed by atoms with E-state index >= 15 is 0 Å². The minimum absolute atomic E-state index is 0.215. The first-order valence-electron chi connectivity index (χ1n) is 6.82. The maximum absolute atomic E-state index is 11.2. The van der Waals surface area contributed by atoms with Gasteiger partial charge in [0.15, 0.2) is 5.16 Å². The van der Waals surface area contributed by atoms with Crippen LogP contribution in [0.4, 0.5) is 5.82 Å². The van der Waals surface area contributed by atoms with Crippen LogP contribution in [0.25, 0.3) is 0 Å². The van der Waals surface area contributed by atoms with Crippen LogP contribution in [0.1, 0.15) is 18.4 Å². The van der Waals surface area contributed by atoms with Crippen molar-refractivity contribution in [1.29, 1.82) is 0 Å². The molecule has 6 heteroatoms. The number of thioether (sulfide) groups is 1. The predicted molar refractivity (Wildman–Crippen MR) is 85.9 cm³/mol. The van der Waals surface area contributed by atoms with E-state index in [1.165, 1.54) is 23.4 Å². The summed E-state index contributed by atoms with van der Waals surface area (Å²) in [5.41, 5.74) is 6.53. The van der Waals surface area contributed by atoms with Crippen LogP contribution < -0.4 is 16.0 Å². The molecule has 5 nitrogen and oxygen atoms in total. The first-order chi connectivity index (χ1) is 10.1. The van der Waals surface area contributed by atoms with Crippen molar-refractivity contribution >= 4 is 17.6 Å². The number of anilines is 1. The molecule has 0 aliphatic heterocycles. The number of nitrogens with two attached hydrogens (primary N) is 1. The molecular formula is C15H19N3O2S.